The zero-order valence-electron chi connectivity index (χ0n) is 14.4. The molecule has 1 N–H and O–H groups in total. The van der Waals surface area contributed by atoms with E-state index in [0.29, 0.717) is 23.6 Å². The maximum atomic E-state index is 12.4. The molecule has 25 heavy (non-hydrogen) atoms. The van der Waals surface area contributed by atoms with Crippen molar-refractivity contribution in [1.82, 2.24) is 0 Å². The Kier molecular flexibility index (Phi) is 4.61. The standard InChI is InChI=1S/C19H20N2O4/c1-13-12-19(2,25-21-13)18(22)20-14-4-6-16(7-5-14)24-17-10-8-15(23-3)9-11-17/h4-11H,12H2,1-3H3,(H,20,22). The Morgan fingerprint density at radius 2 is 1.64 bits per heavy atom. The number of nitrogens with one attached hydrogen (secondary N) is 1. The summed E-state index contributed by atoms with van der Waals surface area (Å²) in [5, 5.41) is 6.69. The molecule has 0 aliphatic carbocycles. The number of anilines is 1. The first kappa shape index (κ1) is 16.8. The van der Waals surface area contributed by atoms with Gasteiger partial charge in [-0.15, -0.1) is 0 Å². The van der Waals surface area contributed by atoms with E-state index in [4.69, 9.17) is 14.3 Å². The SMILES string of the molecule is COc1ccc(Oc2ccc(NC(=O)C3(C)CC(C)=NO3)cc2)cc1. The molecule has 0 bridgehead atoms. The summed E-state index contributed by atoms with van der Waals surface area (Å²) in [5.74, 6) is 1.92. The molecule has 0 saturated heterocycles. The number of benzene rings is 2. The fourth-order valence-electron chi connectivity index (χ4n) is 2.50. The molecule has 0 fully saturated rings. The fraction of sp³-hybridized carbons (Fsp3) is 0.263. The number of carbonyl (C=O) groups excluding carboxylic acids is 1. The van der Waals surface area contributed by atoms with Crippen molar-refractivity contribution in [3.05, 3.63) is 48.5 Å². The Morgan fingerprint density at radius 3 is 2.16 bits per heavy atom. The van der Waals surface area contributed by atoms with Gasteiger partial charge in [0.15, 0.2) is 0 Å². The zero-order valence-corrected chi connectivity index (χ0v) is 14.4. The Balaban J connectivity index is 1.61. The summed E-state index contributed by atoms with van der Waals surface area (Å²) in [4.78, 5) is 17.6. The summed E-state index contributed by atoms with van der Waals surface area (Å²) >= 11 is 0. The second-order valence-corrected chi connectivity index (χ2v) is 6.08. The van der Waals surface area contributed by atoms with Gasteiger partial charge in [0, 0.05) is 12.1 Å². The van der Waals surface area contributed by atoms with Crippen molar-refractivity contribution in [2.75, 3.05) is 12.4 Å². The van der Waals surface area contributed by atoms with E-state index in [1.165, 1.54) is 0 Å². The smallest absolute Gasteiger partial charge is 0.271 e. The number of hydrogen-bond donors (Lipinski definition) is 1. The van der Waals surface area contributed by atoms with E-state index >= 15 is 0 Å². The Labute approximate surface area is 146 Å². The summed E-state index contributed by atoms with van der Waals surface area (Å²) in [6.45, 7) is 3.56. The number of methoxy groups -OCH3 is 1. The minimum absolute atomic E-state index is 0.225. The maximum Gasteiger partial charge on any atom is 0.271 e. The average Bonchev–Trinajstić information content (AvgIpc) is 2.98. The number of nitrogens with zero attached hydrogens (tertiary/aromatic N) is 1. The molecule has 0 saturated carbocycles. The number of amides is 1. The minimum Gasteiger partial charge on any atom is -0.497 e. The molecule has 2 aromatic carbocycles. The van der Waals surface area contributed by atoms with Gasteiger partial charge in [-0.05, 0) is 62.4 Å². The van der Waals surface area contributed by atoms with Crippen LogP contribution in [0, 0.1) is 0 Å². The number of carbonyl (C=O) groups is 1. The van der Waals surface area contributed by atoms with Gasteiger partial charge in [0.05, 0.1) is 12.8 Å². The second kappa shape index (κ2) is 6.84. The van der Waals surface area contributed by atoms with Gasteiger partial charge in [0.25, 0.3) is 5.91 Å². The molecular formula is C19H20N2O4. The first-order valence-corrected chi connectivity index (χ1v) is 7.93. The Morgan fingerprint density at radius 1 is 1.08 bits per heavy atom. The van der Waals surface area contributed by atoms with E-state index in [1.54, 1.807) is 38.3 Å². The van der Waals surface area contributed by atoms with Crippen LogP contribution in [-0.2, 0) is 9.63 Å². The fourth-order valence-corrected chi connectivity index (χ4v) is 2.50. The molecule has 1 aliphatic rings. The highest BCUT2D eigenvalue weighted by molar-refractivity contribution is 6.01. The van der Waals surface area contributed by atoms with Crippen LogP contribution < -0.4 is 14.8 Å². The van der Waals surface area contributed by atoms with E-state index in [9.17, 15) is 4.79 Å². The first-order valence-electron chi connectivity index (χ1n) is 7.93. The van der Waals surface area contributed by atoms with Gasteiger partial charge in [-0.25, -0.2) is 0 Å². The van der Waals surface area contributed by atoms with Gasteiger partial charge in [0.2, 0.25) is 5.60 Å². The van der Waals surface area contributed by atoms with Crippen LogP contribution in [0.15, 0.2) is 53.7 Å². The summed E-state index contributed by atoms with van der Waals surface area (Å²) in [6, 6.07) is 14.5. The number of hydrogen-bond acceptors (Lipinski definition) is 5. The molecule has 1 unspecified atom stereocenters. The van der Waals surface area contributed by atoms with Crippen LogP contribution in [0.25, 0.3) is 0 Å². The molecule has 1 atom stereocenters. The van der Waals surface area contributed by atoms with Crippen LogP contribution in [0.4, 0.5) is 5.69 Å². The third-order valence-corrected chi connectivity index (χ3v) is 3.88. The molecule has 1 amide bonds. The lowest BCUT2D eigenvalue weighted by Crippen LogP contribution is -2.40. The second-order valence-electron chi connectivity index (χ2n) is 6.08. The van der Waals surface area contributed by atoms with Gasteiger partial charge < -0.3 is 19.6 Å². The lowest BCUT2D eigenvalue weighted by Gasteiger charge is -2.20. The van der Waals surface area contributed by atoms with Gasteiger partial charge >= 0.3 is 0 Å². The highest BCUT2D eigenvalue weighted by Gasteiger charge is 2.40. The van der Waals surface area contributed by atoms with Crippen molar-refractivity contribution >= 4 is 17.3 Å². The minimum atomic E-state index is -0.956. The van der Waals surface area contributed by atoms with Crippen LogP contribution in [0.1, 0.15) is 20.3 Å². The third-order valence-electron chi connectivity index (χ3n) is 3.88. The van der Waals surface area contributed by atoms with Crippen molar-refractivity contribution < 1.29 is 19.1 Å². The van der Waals surface area contributed by atoms with Crippen LogP contribution in [0.3, 0.4) is 0 Å². The summed E-state index contributed by atoms with van der Waals surface area (Å²) in [7, 11) is 1.62. The van der Waals surface area contributed by atoms with Crippen LogP contribution >= 0.6 is 0 Å². The van der Waals surface area contributed by atoms with Crippen molar-refractivity contribution in [2.45, 2.75) is 25.9 Å². The average molecular weight is 340 g/mol. The monoisotopic (exact) mass is 340 g/mol. The largest absolute Gasteiger partial charge is 0.497 e. The van der Waals surface area contributed by atoms with E-state index in [-0.39, 0.29) is 5.91 Å². The molecule has 2 aromatic rings. The van der Waals surface area contributed by atoms with Crippen LogP contribution in [0.2, 0.25) is 0 Å². The predicted molar refractivity (Wildman–Crippen MR) is 95.4 cm³/mol. The van der Waals surface area contributed by atoms with E-state index < -0.39 is 5.60 Å². The van der Waals surface area contributed by atoms with Crippen molar-refractivity contribution in [2.24, 2.45) is 5.16 Å². The van der Waals surface area contributed by atoms with Crippen molar-refractivity contribution in [3.63, 3.8) is 0 Å². The highest BCUT2D eigenvalue weighted by atomic mass is 16.7. The molecule has 6 nitrogen and oxygen atoms in total. The number of oxime groups is 1. The molecule has 1 aliphatic heterocycles. The molecule has 0 spiro atoms. The van der Waals surface area contributed by atoms with Crippen molar-refractivity contribution in [1.29, 1.82) is 0 Å². The van der Waals surface area contributed by atoms with Gasteiger partial charge in [-0.3, -0.25) is 4.79 Å². The van der Waals surface area contributed by atoms with Crippen molar-refractivity contribution in [3.8, 4) is 17.2 Å². The molecule has 6 heteroatoms. The third kappa shape index (κ3) is 3.91. The highest BCUT2D eigenvalue weighted by Crippen LogP contribution is 2.27. The quantitative estimate of drug-likeness (QED) is 0.894. The van der Waals surface area contributed by atoms with E-state index in [0.717, 1.165) is 11.5 Å². The van der Waals surface area contributed by atoms with Crippen LogP contribution in [0.5, 0.6) is 17.2 Å². The summed E-state index contributed by atoms with van der Waals surface area (Å²) in [6.07, 6.45) is 0.484. The van der Waals surface area contributed by atoms with Crippen LogP contribution in [-0.4, -0.2) is 24.3 Å². The van der Waals surface area contributed by atoms with Gasteiger partial charge in [-0.2, -0.15) is 0 Å². The maximum absolute atomic E-state index is 12.4. The molecular weight excluding hydrogens is 320 g/mol. The molecule has 130 valence electrons. The van der Waals surface area contributed by atoms with E-state index in [1.807, 2.05) is 31.2 Å². The van der Waals surface area contributed by atoms with Gasteiger partial charge in [0.1, 0.15) is 17.2 Å². The topological polar surface area (TPSA) is 69.2 Å². The Hall–Kier alpha value is -3.02. The molecule has 0 aromatic heterocycles. The first-order chi connectivity index (χ1) is 12.0. The van der Waals surface area contributed by atoms with E-state index in [2.05, 4.69) is 10.5 Å². The number of ether oxygens (including phenoxy) is 2. The summed E-state index contributed by atoms with van der Waals surface area (Å²) < 4.78 is 10.9. The molecule has 0 radical (unpaired) electrons. The lowest BCUT2D eigenvalue weighted by molar-refractivity contribution is -0.135. The number of rotatable bonds is 5. The zero-order chi connectivity index (χ0) is 17.9. The lowest BCUT2D eigenvalue weighted by atomic mass is 9.99. The Bertz CT molecular complexity index is 784. The molecule has 3 rings (SSSR count). The summed E-state index contributed by atoms with van der Waals surface area (Å²) in [5.41, 5.74) is 0.518. The predicted octanol–water partition coefficient (Wildman–Crippen LogP) is 3.98. The normalized spacial score (nSPS) is 18.9. The molecule has 1 heterocycles. The van der Waals surface area contributed by atoms with Gasteiger partial charge in [-0.1, -0.05) is 5.16 Å².